The van der Waals surface area contributed by atoms with Crippen LogP contribution in [-0.2, 0) is 4.74 Å². The number of aliphatic hydroxyl groups is 2. The van der Waals surface area contributed by atoms with Crippen LogP contribution >= 0.6 is 0 Å². The van der Waals surface area contributed by atoms with E-state index in [1.165, 1.54) is 13.3 Å². The maximum atomic E-state index is 9.62. The first-order valence-electron chi connectivity index (χ1n) is 5.26. The number of rotatable bonds is 3. The van der Waals surface area contributed by atoms with Gasteiger partial charge >= 0.3 is 6.01 Å². The van der Waals surface area contributed by atoms with Gasteiger partial charge in [0.1, 0.15) is 11.9 Å². The summed E-state index contributed by atoms with van der Waals surface area (Å²) in [5, 5.41) is 18.6. The summed E-state index contributed by atoms with van der Waals surface area (Å²) < 4.78 is 10.3. The lowest BCUT2D eigenvalue weighted by atomic mass is 10.1. The van der Waals surface area contributed by atoms with Gasteiger partial charge in [0.15, 0.2) is 0 Å². The number of methoxy groups -OCH3 is 1. The Morgan fingerprint density at radius 1 is 1.65 bits per heavy atom. The van der Waals surface area contributed by atoms with E-state index >= 15 is 0 Å². The Balaban J connectivity index is 2.18. The molecule has 0 aromatic carbocycles. The minimum absolute atomic E-state index is 0.184. The lowest BCUT2D eigenvalue weighted by molar-refractivity contribution is -0.0225. The van der Waals surface area contributed by atoms with Crippen molar-refractivity contribution in [1.29, 1.82) is 0 Å². The number of nitrogens with zero attached hydrogens (tertiary/aromatic N) is 2. The van der Waals surface area contributed by atoms with E-state index in [1.807, 2.05) is 0 Å². The molecule has 17 heavy (non-hydrogen) atoms. The van der Waals surface area contributed by atoms with E-state index < -0.39 is 18.3 Å². The summed E-state index contributed by atoms with van der Waals surface area (Å²) >= 11 is 0. The van der Waals surface area contributed by atoms with Gasteiger partial charge in [-0.05, 0) is 0 Å². The first-order valence-corrected chi connectivity index (χ1v) is 5.26. The molecule has 0 aliphatic carbocycles. The number of aromatic nitrogens is 2. The fraction of sp³-hybridized carbons (Fsp3) is 0.600. The first-order chi connectivity index (χ1) is 8.15. The third-order valence-corrected chi connectivity index (χ3v) is 2.76. The van der Waals surface area contributed by atoms with Crippen molar-refractivity contribution in [2.24, 2.45) is 0 Å². The third kappa shape index (κ3) is 2.31. The molecule has 0 radical (unpaired) electrons. The number of hydrogen-bond donors (Lipinski definition) is 3. The first kappa shape index (κ1) is 12.0. The molecule has 0 saturated carbocycles. The highest BCUT2D eigenvalue weighted by Gasteiger charge is 2.35. The zero-order valence-corrected chi connectivity index (χ0v) is 9.41. The molecule has 1 aliphatic heterocycles. The summed E-state index contributed by atoms with van der Waals surface area (Å²) in [5.41, 5.74) is 6.35. The Morgan fingerprint density at radius 2 is 2.41 bits per heavy atom. The van der Waals surface area contributed by atoms with E-state index in [1.54, 1.807) is 0 Å². The molecule has 0 unspecified atom stereocenters. The Labute approximate surface area is 98.2 Å². The molecule has 1 aliphatic rings. The highest BCUT2D eigenvalue weighted by molar-refractivity contribution is 5.40. The van der Waals surface area contributed by atoms with E-state index in [0.29, 0.717) is 12.0 Å². The van der Waals surface area contributed by atoms with Crippen LogP contribution in [0.2, 0.25) is 0 Å². The zero-order valence-electron chi connectivity index (χ0n) is 9.41. The molecule has 2 heterocycles. The number of nitrogen functional groups attached to an aromatic ring is 1. The molecule has 1 aromatic rings. The van der Waals surface area contributed by atoms with Crippen molar-refractivity contribution < 1.29 is 19.7 Å². The van der Waals surface area contributed by atoms with Crippen LogP contribution in [0.15, 0.2) is 6.20 Å². The number of aliphatic hydroxyl groups excluding tert-OH is 2. The Kier molecular flexibility index (Phi) is 3.41. The van der Waals surface area contributed by atoms with Crippen molar-refractivity contribution in [3.05, 3.63) is 11.8 Å². The van der Waals surface area contributed by atoms with Gasteiger partial charge in [-0.2, -0.15) is 4.98 Å². The van der Waals surface area contributed by atoms with Crippen LogP contribution in [0, 0.1) is 0 Å². The van der Waals surface area contributed by atoms with Crippen LogP contribution in [0.3, 0.4) is 0 Å². The normalized spacial score (nSPS) is 28.3. The summed E-state index contributed by atoms with van der Waals surface area (Å²) in [4.78, 5) is 7.87. The summed E-state index contributed by atoms with van der Waals surface area (Å²) in [6.45, 7) is -0.228. The molecule has 7 heteroatoms. The average molecular weight is 241 g/mol. The summed E-state index contributed by atoms with van der Waals surface area (Å²) in [5.74, 6) is 0.257. The van der Waals surface area contributed by atoms with Gasteiger partial charge in [0.2, 0.25) is 0 Å². The maximum Gasteiger partial charge on any atom is 0.318 e. The van der Waals surface area contributed by atoms with Crippen molar-refractivity contribution in [3.8, 4) is 6.01 Å². The van der Waals surface area contributed by atoms with Crippen LogP contribution in [0.4, 0.5) is 5.82 Å². The Morgan fingerprint density at radius 3 is 2.94 bits per heavy atom. The second kappa shape index (κ2) is 4.82. The van der Waals surface area contributed by atoms with E-state index in [9.17, 15) is 5.11 Å². The van der Waals surface area contributed by atoms with Crippen molar-refractivity contribution in [1.82, 2.24) is 9.97 Å². The van der Waals surface area contributed by atoms with Crippen molar-refractivity contribution in [2.75, 3.05) is 19.5 Å². The maximum absolute atomic E-state index is 9.62. The Hall–Kier alpha value is -1.44. The molecular weight excluding hydrogens is 226 g/mol. The second-order valence-electron chi connectivity index (χ2n) is 3.85. The highest BCUT2D eigenvalue weighted by Crippen LogP contribution is 2.35. The predicted molar refractivity (Wildman–Crippen MR) is 58.3 cm³/mol. The summed E-state index contributed by atoms with van der Waals surface area (Å²) in [6, 6.07) is 0.184. The Bertz CT molecular complexity index is 401. The SMILES string of the molecule is COc1ncc([C@H]2C[C@H](O)[C@@H](CO)O2)c(N)n1. The molecule has 7 nitrogen and oxygen atoms in total. The topological polar surface area (TPSA) is 111 Å². The van der Waals surface area contributed by atoms with Gasteiger partial charge in [-0.3, -0.25) is 0 Å². The molecule has 3 atom stereocenters. The summed E-state index contributed by atoms with van der Waals surface area (Å²) in [6.07, 6.45) is 0.199. The number of hydrogen-bond acceptors (Lipinski definition) is 7. The minimum atomic E-state index is -0.702. The van der Waals surface area contributed by atoms with Gasteiger partial charge in [0.05, 0.1) is 25.9 Å². The van der Waals surface area contributed by atoms with E-state index in [4.69, 9.17) is 20.3 Å². The van der Waals surface area contributed by atoms with Gasteiger partial charge in [-0.15, -0.1) is 0 Å². The molecule has 0 spiro atoms. The van der Waals surface area contributed by atoms with Gasteiger partial charge in [0, 0.05) is 18.2 Å². The number of ether oxygens (including phenoxy) is 2. The molecular formula is C10H15N3O4. The highest BCUT2D eigenvalue weighted by atomic mass is 16.5. The predicted octanol–water partition coefficient (Wildman–Crippen LogP) is -0.749. The van der Waals surface area contributed by atoms with Crippen LogP contribution in [-0.4, -0.2) is 46.1 Å². The quantitative estimate of drug-likeness (QED) is 0.638. The lowest BCUT2D eigenvalue weighted by Crippen LogP contribution is -2.24. The fourth-order valence-electron chi connectivity index (χ4n) is 1.83. The monoisotopic (exact) mass is 241 g/mol. The zero-order chi connectivity index (χ0) is 12.4. The van der Waals surface area contributed by atoms with Gasteiger partial charge in [0.25, 0.3) is 0 Å². The molecule has 1 aromatic heterocycles. The van der Waals surface area contributed by atoms with E-state index in [2.05, 4.69) is 9.97 Å². The summed E-state index contributed by atoms with van der Waals surface area (Å²) in [7, 11) is 1.45. The van der Waals surface area contributed by atoms with E-state index in [-0.39, 0.29) is 18.4 Å². The van der Waals surface area contributed by atoms with Gasteiger partial charge in [-0.25, -0.2) is 4.98 Å². The molecule has 94 valence electrons. The standard InChI is InChI=1S/C10H15N3O4/c1-16-10-12-3-5(9(11)13-10)7-2-6(15)8(4-14)17-7/h3,6-8,14-15H,2,4H2,1H3,(H2,11,12,13)/t6-,7+,8+/m0/s1. The van der Waals surface area contributed by atoms with E-state index in [0.717, 1.165) is 0 Å². The fourth-order valence-corrected chi connectivity index (χ4v) is 1.83. The van der Waals surface area contributed by atoms with Crippen LogP contribution in [0.25, 0.3) is 0 Å². The largest absolute Gasteiger partial charge is 0.467 e. The third-order valence-electron chi connectivity index (χ3n) is 2.76. The van der Waals surface area contributed by atoms with Crippen LogP contribution in [0.5, 0.6) is 6.01 Å². The van der Waals surface area contributed by atoms with Gasteiger partial charge < -0.3 is 25.4 Å². The molecule has 2 rings (SSSR count). The second-order valence-corrected chi connectivity index (χ2v) is 3.85. The number of anilines is 1. The molecule has 1 fully saturated rings. The smallest absolute Gasteiger partial charge is 0.318 e. The average Bonchev–Trinajstić information content (AvgIpc) is 2.70. The van der Waals surface area contributed by atoms with Gasteiger partial charge in [-0.1, -0.05) is 0 Å². The number of nitrogens with two attached hydrogens (primary N) is 1. The van der Waals surface area contributed by atoms with Crippen LogP contribution < -0.4 is 10.5 Å². The molecule has 0 amide bonds. The van der Waals surface area contributed by atoms with Crippen molar-refractivity contribution in [2.45, 2.75) is 24.7 Å². The van der Waals surface area contributed by atoms with Crippen molar-refractivity contribution in [3.63, 3.8) is 0 Å². The lowest BCUT2D eigenvalue weighted by Gasteiger charge is -2.13. The van der Waals surface area contributed by atoms with Crippen LogP contribution in [0.1, 0.15) is 18.1 Å². The minimum Gasteiger partial charge on any atom is -0.467 e. The van der Waals surface area contributed by atoms with Crippen molar-refractivity contribution >= 4 is 5.82 Å². The molecule has 4 N–H and O–H groups in total. The molecule has 1 saturated heterocycles. The molecule has 0 bridgehead atoms.